The van der Waals surface area contributed by atoms with Crippen LogP contribution in [-0.4, -0.2) is 33.3 Å². The first-order valence-corrected chi connectivity index (χ1v) is 7.84. The quantitative estimate of drug-likeness (QED) is 0.836. The third-order valence-corrected chi connectivity index (χ3v) is 4.57. The van der Waals surface area contributed by atoms with Crippen LogP contribution in [0.15, 0.2) is 29.1 Å². The Balaban J connectivity index is 2.34. The molecule has 7 heteroatoms. The summed E-state index contributed by atoms with van der Waals surface area (Å²) in [5, 5.41) is 16.4. The van der Waals surface area contributed by atoms with Gasteiger partial charge in [0.05, 0.1) is 10.9 Å². The minimum absolute atomic E-state index is 0.0498. The summed E-state index contributed by atoms with van der Waals surface area (Å²) in [5.74, 6) is -1.62. The highest BCUT2D eigenvalue weighted by atomic mass is 16.4. The van der Waals surface area contributed by atoms with Crippen LogP contribution in [0, 0.1) is 5.41 Å². The van der Waals surface area contributed by atoms with E-state index in [9.17, 15) is 19.5 Å². The molecule has 0 saturated carbocycles. The molecule has 0 spiro atoms. The van der Waals surface area contributed by atoms with Crippen molar-refractivity contribution in [2.75, 3.05) is 6.54 Å². The second-order valence-electron chi connectivity index (χ2n) is 5.79. The Labute approximate surface area is 139 Å². The average Bonchev–Trinajstić information content (AvgIpc) is 2.59. The van der Waals surface area contributed by atoms with Gasteiger partial charge in [0.25, 0.3) is 5.91 Å². The van der Waals surface area contributed by atoms with Gasteiger partial charge >= 0.3 is 5.97 Å². The summed E-state index contributed by atoms with van der Waals surface area (Å²) in [5.41, 5.74) is -1.11. The van der Waals surface area contributed by atoms with Gasteiger partial charge in [-0.05, 0) is 25.0 Å². The zero-order valence-electron chi connectivity index (χ0n) is 14.0. The van der Waals surface area contributed by atoms with Gasteiger partial charge in [0.15, 0.2) is 5.69 Å². The number of amides is 1. The number of hydrogen-bond acceptors (Lipinski definition) is 4. The van der Waals surface area contributed by atoms with Crippen molar-refractivity contribution in [1.29, 1.82) is 0 Å². The lowest BCUT2D eigenvalue weighted by Gasteiger charge is -2.26. The lowest BCUT2D eigenvalue weighted by atomic mass is 9.82. The summed E-state index contributed by atoms with van der Waals surface area (Å²) >= 11 is 0. The van der Waals surface area contributed by atoms with Gasteiger partial charge in [0, 0.05) is 19.0 Å². The molecule has 2 rings (SSSR count). The lowest BCUT2D eigenvalue weighted by Crippen LogP contribution is -2.43. The van der Waals surface area contributed by atoms with Crippen molar-refractivity contribution >= 4 is 22.8 Å². The highest BCUT2D eigenvalue weighted by Crippen LogP contribution is 2.25. The molecule has 0 aliphatic heterocycles. The third-order valence-electron chi connectivity index (χ3n) is 4.57. The molecule has 7 nitrogen and oxygen atoms in total. The highest BCUT2D eigenvalue weighted by molar-refractivity contribution is 5.95. The van der Waals surface area contributed by atoms with Gasteiger partial charge in [-0.2, -0.15) is 5.10 Å². The number of para-hydroxylation sites is 1. The number of carbonyl (C=O) groups is 2. The normalized spacial score (nSPS) is 11.5. The van der Waals surface area contributed by atoms with Crippen LogP contribution in [0.3, 0.4) is 0 Å². The van der Waals surface area contributed by atoms with Crippen LogP contribution >= 0.6 is 0 Å². The second kappa shape index (κ2) is 6.82. The molecule has 0 atom stereocenters. The fourth-order valence-corrected chi connectivity index (χ4v) is 2.68. The van der Waals surface area contributed by atoms with Crippen molar-refractivity contribution < 1.29 is 14.7 Å². The van der Waals surface area contributed by atoms with Crippen LogP contribution in [0.5, 0.6) is 0 Å². The van der Waals surface area contributed by atoms with Crippen LogP contribution in [0.4, 0.5) is 0 Å². The molecule has 0 aliphatic rings. The number of benzene rings is 1. The molecule has 24 heavy (non-hydrogen) atoms. The maximum atomic E-state index is 12.5. The SMILES string of the molecule is CCC(CC)(CNC(=O)c1nn(C)c2ccccc2c1=O)C(=O)O. The Bertz CT molecular complexity index is 837. The Morgan fingerprint density at radius 2 is 1.88 bits per heavy atom. The van der Waals surface area contributed by atoms with Gasteiger partial charge in [-0.25, -0.2) is 0 Å². The first kappa shape index (κ1) is 17.7. The van der Waals surface area contributed by atoms with E-state index in [4.69, 9.17) is 0 Å². The van der Waals surface area contributed by atoms with Gasteiger partial charge in [-0.15, -0.1) is 0 Å². The van der Waals surface area contributed by atoms with Crippen molar-refractivity contribution in [2.24, 2.45) is 12.5 Å². The standard InChI is InChI=1S/C17H21N3O4/c1-4-17(5-2,16(23)24)10-18-15(22)13-14(21)11-8-6-7-9-12(11)20(3)19-13/h6-9H,4-5,10H2,1-3H3,(H,18,22)(H,23,24). The molecule has 1 aromatic carbocycles. The molecule has 0 fully saturated rings. The largest absolute Gasteiger partial charge is 0.481 e. The van der Waals surface area contributed by atoms with E-state index in [1.807, 2.05) is 0 Å². The van der Waals surface area contributed by atoms with Crippen molar-refractivity contribution in [1.82, 2.24) is 15.1 Å². The average molecular weight is 331 g/mol. The molecule has 1 heterocycles. The molecule has 0 aliphatic carbocycles. The van der Waals surface area contributed by atoms with E-state index in [0.29, 0.717) is 23.7 Å². The van der Waals surface area contributed by atoms with E-state index in [1.165, 1.54) is 4.68 Å². The molecule has 2 N–H and O–H groups in total. The van der Waals surface area contributed by atoms with E-state index in [-0.39, 0.29) is 12.2 Å². The van der Waals surface area contributed by atoms with E-state index in [2.05, 4.69) is 10.4 Å². The molecule has 0 unspecified atom stereocenters. The number of aryl methyl sites for hydroxylation is 1. The van der Waals surface area contributed by atoms with Crippen LogP contribution in [-0.2, 0) is 11.8 Å². The van der Waals surface area contributed by atoms with E-state index in [1.54, 1.807) is 45.2 Å². The Hall–Kier alpha value is -2.70. The fraction of sp³-hybridized carbons (Fsp3) is 0.412. The van der Waals surface area contributed by atoms with Crippen molar-refractivity contribution in [3.05, 3.63) is 40.2 Å². The number of aliphatic carboxylic acids is 1. The number of hydrogen-bond donors (Lipinski definition) is 2. The zero-order valence-corrected chi connectivity index (χ0v) is 14.0. The third kappa shape index (κ3) is 3.02. The van der Waals surface area contributed by atoms with E-state index in [0.717, 1.165) is 0 Å². The number of carboxylic acids is 1. The second-order valence-corrected chi connectivity index (χ2v) is 5.79. The molecule has 0 bridgehead atoms. The molecule has 1 aromatic heterocycles. The van der Waals surface area contributed by atoms with Gasteiger partial charge < -0.3 is 10.4 Å². The Morgan fingerprint density at radius 1 is 1.25 bits per heavy atom. The molecule has 0 saturated heterocycles. The smallest absolute Gasteiger partial charge is 0.311 e. The zero-order chi connectivity index (χ0) is 17.9. The fourth-order valence-electron chi connectivity index (χ4n) is 2.68. The number of nitrogens with zero attached hydrogens (tertiary/aromatic N) is 2. The van der Waals surface area contributed by atoms with Crippen LogP contribution in [0.1, 0.15) is 37.2 Å². The number of fused-ring (bicyclic) bond motifs is 1. The molecule has 128 valence electrons. The van der Waals surface area contributed by atoms with Crippen LogP contribution in [0.25, 0.3) is 10.9 Å². The molecule has 1 amide bonds. The van der Waals surface area contributed by atoms with Crippen molar-refractivity contribution in [3.63, 3.8) is 0 Å². The van der Waals surface area contributed by atoms with Crippen LogP contribution in [0.2, 0.25) is 0 Å². The monoisotopic (exact) mass is 331 g/mol. The maximum Gasteiger partial charge on any atom is 0.311 e. The summed E-state index contributed by atoms with van der Waals surface area (Å²) in [4.78, 5) is 36.3. The first-order chi connectivity index (χ1) is 11.4. The summed E-state index contributed by atoms with van der Waals surface area (Å²) < 4.78 is 1.47. The number of nitrogens with one attached hydrogen (secondary N) is 1. The van der Waals surface area contributed by atoms with Gasteiger partial charge in [-0.1, -0.05) is 26.0 Å². The molecule has 2 aromatic rings. The molecular weight excluding hydrogens is 310 g/mol. The summed E-state index contributed by atoms with van der Waals surface area (Å²) in [6.07, 6.45) is 0.755. The van der Waals surface area contributed by atoms with Crippen LogP contribution < -0.4 is 10.7 Å². The number of carbonyl (C=O) groups excluding carboxylic acids is 1. The highest BCUT2D eigenvalue weighted by Gasteiger charge is 2.35. The van der Waals surface area contributed by atoms with Gasteiger partial charge in [0.1, 0.15) is 0 Å². The Kier molecular flexibility index (Phi) is 5.02. The van der Waals surface area contributed by atoms with Crippen molar-refractivity contribution in [3.8, 4) is 0 Å². The minimum atomic E-state index is -1.04. The predicted octanol–water partition coefficient (Wildman–Crippen LogP) is 1.55. The number of carboxylic acid groups (broad SMARTS) is 1. The number of rotatable bonds is 6. The molecular formula is C17H21N3O4. The minimum Gasteiger partial charge on any atom is -0.481 e. The topological polar surface area (TPSA) is 101 Å². The van der Waals surface area contributed by atoms with E-state index >= 15 is 0 Å². The summed E-state index contributed by atoms with van der Waals surface area (Å²) in [7, 11) is 1.65. The first-order valence-electron chi connectivity index (χ1n) is 7.84. The predicted molar refractivity (Wildman–Crippen MR) is 90.0 cm³/mol. The Morgan fingerprint density at radius 3 is 2.46 bits per heavy atom. The number of aromatic nitrogens is 2. The molecule has 0 radical (unpaired) electrons. The summed E-state index contributed by atoms with van der Waals surface area (Å²) in [6, 6.07) is 6.88. The van der Waals surface area contributed by atoms with Crippen molar-refractivity contribution in [2.45, 2.75) is 26.7 Å². The lowest BCUT2D eigenvalue weighted by molar-refractivity contribution is -0.149. The van der Waals surface area contributed by atoms with Gasteiger partial charge in [0.2, 0.25) is 5.43 Å². The van der Waals surface area contributed by atoms with E-state index < -0.39 is 22.7 Å². The maximum absolute atomic E-state index is 12.5. The van der Waals surface area contributed by atoms with Gasteiger partial charge in [-0.3, -0.25) is 19.1 Å². The summed E-state index contributed by atoms with van der Waals surface area (Å²) in [6.45, 7) is 3.47.